The Bertz CT molecular complexity index is 233. The smallest absolute Gasteiger partial charge is 0.117 e. The number of methoxy groups -OCH3 is 1. The highest BCUT2D eigenvalue weighted by molar-refractivity contribution is 6.34. The second-order valence-corrected chi connectivity index (χ2v) is 3.55. The molecular formula is C8H12OSi. The molecule has 54 valence electrons. The predicted molar refractivity (Wildman–Crippen MR) is 47.3 cm³/mol. The van der Waals surface area contributed by atoms with Gasteiger partial charge in [0.2, 0.25) is 0 Å². The molecule has 0 N–H and O–H groups in total. The van der Waals surface area contributed by atoms with Gasteiger partial charge < -0.3 is 4.74 Å². The average Bonchev–Trinajstić information content (AvgIpc) is 1.88. The van der Waals surface area contributed by atoms with Gasteiger partial charge in [0.15, 0.2) is 0 Å². The summed E-state index contributed by atoms with van der Waals surface area (Å²) in [5.74, 6) is 1.03. The first-order valence-corrected chi connectivity index (χ1v) is 4.35. The zero-order valence-electron chi connectivity index (χ0n) is 6.64. The second-order valence-electron chi connectivity index (χ2n) is 2.47. The Labute approximate surface area is 64.4 Å². The molecule has 0 saturated heterocycles. The van der Waals surface area contributed by atoms with Crippen LogP contribution in [0.1, 0.15) is 5.56 Å². The van der Waals surface area contributed by atoms with Crippen molar-refractivity contribution in [2.45, 2.75) is 6.92 Å². The van der Waals surface area contributed by atoms with Gasteiger partial charge in [-0.3, -0.25) is 0 Å². The fourth-order valence-electron chi connectivity index (χ4n) is 1.03. The average molecular weight is 152 g/mol. The van der Waals surface area contributed by atoms with E-state index in [2.05, 4.69) is 19.1 Å². The van der Waals surface area contributed by atoms with Crippen LogP contribution in [0, 0.1) is 6.92 Å². The minimum absolute atomic E-state index is 1.03. The van der Waals surface area contributed by atoms with Crippen LogP contribution in [0.5, 0.6) is 5.75 Å². The van der Waals surface area contributed by atoms with Crippen LogP contribution in [0.25, 0.3) is 0 Å². The van der Waals surface area contributed by atoms with Crippen LogP contribution in [0.2, 0.25) is 0 Å². The first kappa shape index (κ1) is 7.35. The zero-order valence-corrected chi connectivity index (χ0v) is 8.64. The van der Waals surface area contributed by atoms with Gasteiger partial charge in [0.05, 0.1) is 7.11 Å². The molecular weight excluding hydrogens is 140 g/mol. The lowest BCUT2D eigenvalue weighted by molar-refractivity contribution is 0.418. The first-order chi connectivity index (χ1) is 4.74. The molecule has 0 aromatic heterocycles. The molecule has 1 nitrogen and oxygen atoms in total. The van der Waals surface area contributed by atoms with Gasteiger partial charge in [-0.15, -0.1) is 0 Å². The Morgan fingerprint density at radius 2 is 2.10 bits per heavy atom. The standard InChI is InChI=1S/C8H12OSi/c1-6-3-4-7(9-2)8(10)5-6/h3-5H,1-2,10H3. The monoisotopic (exact) mass is 152 g/mol. The Morgan fingerprint density at radius 1 is 1.40 bits per heavy atom. The highest BCUT2D eigenvalue weighted by atomic mass is 28.1. The lowest BCUT2D eigenvalue weighted by Gasteiger charge is -2.03. The molecule has 1 aromatic carbocycles. The molecule has 0 aliphatic rings. The van der Waals surface area contributed by atoms with Crippen molar-refractivity contribution in [1.29, 1.82) is 0 Å². The van der Waals surface area contributed by atoms with Crippen LogP contribution >= 0.6 is 0 Å². The van der Waals surface area contributed by atoms with Gasteiger partial charge in [-0.1, -0.05) is 17.7 Å². The maximum absolute atomic E-state index is 5.13. The lowest BCUT2D eigenvalue weighted by atomic mass is 10.2. The molecule has 0 fully saturated rings. The molecule has 0 saturated carbocycles. The SMILES string of the molecule is COc1ccc(C)cc1[SiH3]. The summed E-state index contributed by atoms with van der Waals surface area (Å²) in [6, 6.07) is 6.27. The summed E-state index contributed by atoms with van der Waals surface area (Å²) in [5, 5.41) is 1.34. The van der Waals surface area contributed by atoms with Crippen LogP contribution in [0.4, 0.5) is 0 Å². The predicted octanol–water partition coefficient (Wildman–Crippen LogP) is -0.00568. The molecule has 0 amide bonds. The van der Waals surface area contributed by atoms with Crippen molar-refractivity contribution in [3.63, 3.8) is 0 Å². The molecule has 0 spiro atoms. The third-order valence-corrected chi connectivity index (χ3v) is 2.33. The number of hydrogen-bond donors (Lipinski definition) is 0. The third-order valence-electron chi connectivity index (χ3n) is 1.55. The van der Waals surface area contributed by atoms with Gasteiger partial charge in [-0.25, -0.2) is 0 Å². The summed E-state index contributed by atoms with van der Waals surface area (Å²) >= 11 is 0. The molecule has 0 heterocycles. The van der Waals surface area contributed by atoms with Crippen LogP contribution in [-0.2, 0) is 0 Å². The van der Waals surface area contributed by atoms with Crippen LogP contribution in [-0.4, -0.2) is 17.4 Å². The van der Waals surface area contributed by atoms with E-state index < -0.39 is 0 Å². The molecule has 0 unspecified atom stereocenters. The highest BCUT2D eigenvalue weighted by Gasteiger charge is 1.94. The second kappa shape index (κ2) is 2.88. The molecule has 0 radical (unpaired) electrons. The Balaban J connectivity index is 3.07. The van der Waals surface area contributed by atoms with Crippen molar-refractivity contribution in [2.75, 3.05) is 7.11 Å². The van der Waals surface area contributed by atoms with E-state index in [0.717, 1.165) is 16.0 Å². The normalized spacial score (nSPS) is 9.80. The quantitative estimate of drug-likeness (QED) is 0.515. The summed E-state index contributed by atoms with van der Waals surface area (Å²) in [6.07, 6.45) is 0. The van der Waals surface area contributed by atoms with Gasteiger partial charge in [0.1, 0.15) is 5.75 Å². The minimum Gasteiger partial charge on any atom is -0.497 e. The molecule has 1 aromatic rings. The number of benzene rings is 1. The Morgan fingerprint density at radius 3 is 2.60 bits per heavy atom. The zero-order chi connectivity index (χ0) is 7.56. The lowest BCUT2D eigenvalue weighted by Crippen LogP contribution is -2.06. The van der Waals surface area contributed by atoms with Gasteiger partial charge in [-0.05, 0) is 18.2 Å². The molecule has 0 atom stereocenters. The van der Waals surface area contributed by atoms with Crippen LogP contribution in [0.15, 0.2) is 18.2 Å². The van der Waals surface area contributed by atoms with Gasteiger partial charge in [-0.2, -0.15) is 0 Å². The minimum atomic E-state index is 1.03. The third kappa shape index (κ3) is 1.39. The largest absolute Gasteiger partial charge is 0.497 e. The summed E-state index contributed by atoms with van der Waals surface area (Å²) in [6.45, 7) is 2.10. The van der Waals surface area contributed by atoms with Crippen molar-refractivity contribution in [3.8, 4) is 5.75 Å². The maximum atomic E-state index is 5.13. The van der Waals surface area contributed by atoms with Crippen molar-refractivity contribution in [2.24, 2.45) is 0 Å². The topological polar surface area (TPSA) is 9.23 Å². The van der Waals surface area contributed by atoms with E-state index in [1.807, 2.05) is 6.07 Å². The summed E-state index contributed by atoms with van der Waals surface area (Å²) in [5.41, 5.74) is 1.31. The molecule has 2 heteroatoms. The molecule has 10 heavy (non-hydrogen) atoms. The van der Waals surface area contributed by atoms with Crippen LogP contribution < -0.4 is 9.92 Å². The van der Waals surface area contributed by atoms with E-state index in [1.165, 1.54) is 10.8 Å². The number of ether oxygens (including phenoxy) is 1. The molecule has 0 aliphatic carbocycles. The van der Waals surface area contributed by atoms with Crippen molar-refractivity contribution < 1.29 is 4.74 Å². The van der Waals surface area contributed by atoms with Crippen molar-refractivity contribution in [3.05, 3.63) is 23.8 Å². The van der Waals surface area contributed by atoms with Crippen LogP contribution in [0.3, 0.4) is 0 Å². The van der Waals surface area contributed by atoms with Crippen molar-refractivity contribution >= 4 is 15.4 Å². The molecule has 0 bridgehead atoms. The number of aryl methyl sites for hydroxylation is 1. The van der Waals surface area contributed by atoms with Crippen molar-refractivity contribution in [1.82, 2.24) is 0 Å². The fraction of sp³-hybridized carbons (Fsp3) is 0.250. The van der Waals surface area contributed by atoms with Gasteiger partial charge >= 0.3 is 0 Å². The van der Waals surface area contributed by atoms with E-state index in [1.54, 1.807) is 7.11 Å². The maximum Gasteiger partial charge on any atom is 0.117 e. The van der Waals surface area contributed by atoms with E-state index in [4.69, 9.17) is 4.74 Å². The van der Waals surface area contributed by atoms with E-state index >= 15 is 0 Å². The fourth-order valence-corrected chi connectivity index (χ4v) is 1.85. The summed E-state index contributed by atoms with van der Waals surface area (Å²) in [4.78, 5) is 0. The molecule has 0 aliphatic heterocycles. The van der Waals surface area contributed by atoms with E-state index in [-0.39, 0.29) is 0 Å². The number of hydrogen-bond acceptors (Lipinski definition) is 1. The van der Waals surface area contributed by atoms with E-state index in [0.29, 0.717) is 0 Å². The molecule has 1 rings (SSSR count). The summed E-state index contributed by atoms with van der Waals surface area (Å²) in [7, 11) is 2.77. The Hall–Kier alpha value is -0.763. The van der Waals surface area contributed by atoms with Gasteiger partial charge in [0.25, 0.3) is 0 Å². The first-order valence-electron chi connectivity index (χ1n) is 3.35. The van der Waals surface area contributed by atoms with E-state index in [9.17, 15) is 0 Å². The highest BCUT2D eigenvalue weighted by Crippen LogP contribution is 2.05. The Kier molecular flexibility index (Phi) is 2.12. The number of rotatable bonds is 1. The summed E-state index contributed by atoms with van der Waals surface area (Å²) < 4.78 is 5.13. The van der Waals surface area contributed by atoms with Gasteiger partial charge in [0, 0.05) is 10.2 Å².